The SMILES string of the molecule is COc1ccc(C2(C=O)CC2)c(F)c1OC. The highest BCUT2D eigenvalue weighted by Crippen LogP contribution is 2.49. The minimum atomic E-state index is -0.635. The van der Waals surface area contributed by atoms with Gasteiger partial charge in [-0.15, -0.1) is 0 Å². The molecule has 4 heteroatoms. The van der Waals surface area contributed by atoms with Crippen LogP contribution in [-0.2, 0) is 10.2 Å². The van der Waals surface area contributed by atoms with E-state index in [-0.39, 0.29) is 5.75 Å². The maximum atomic E-state index is 14.1. The molecule has 0 heterocycles. The molecule has 0 spiro atoms. The summed E-state index contributed by atoms with van der Waals surface area (Å²) in [6.45, 7) is 0. The van der Waals surface area contributed by atoms with Gasteiger partial charge in [0.15, 0.2) is 17.3 Å². The van der Waals surface area contributed by atoms with Crippen LogP contribution in [0.3, 0.4) is 0 Å². The number of carbonyl (C=O) groups excluding carboxylic acids is 1. The highest BCUT2D eigenvalue weighted by molar-refractivity contribution is 5.74. The molecular weight excluding hydrogens is 211 g/mol. The average Bonchev–Trinajstić information content (AvgIpc) is 3.09. The number of aldehydes is 1. The number of rotatable bonds is 4. The van der Waals surface area contributed by atoms with Gasteiger partial charge in [0.25, 0.3) is 0 Å². The topological polar surface area (TPSA) is 35.5 Å². The van der Waals surface area contributed by atoms with Gasteiger partial charge < -0.3 is 14.3 Å². The first-order chi connectivity index (χ1) is 7.68. The van der Waals surface area contributed by atoms with Crippen molar-refractivity contribution in [3.8, 4) is 11.5 Å². The van der Waals surface area contributed by atoms with E-state index in [4.69, 9.17) is 9.47 Å². The Morgan fingerprint density at radius 2 is 2.00 bits per heavy atom. The number of methoxy groups -OCH3 is 2. The molecule has 0 atom stereocenters. The molecule has 0 N–H and O–H groups in total. The monoisotopic (exact) mass is 224 g/mol. The Hall–Kier alpha value is -1.58. The third-order valence-corrected chi connectivity index (χ3v) is 3.04. The van der Waals surface area contributed by atoms with Gasteiger partial charge in [-0.25, -0.2) is 4.39 Å². The Labute approximate surface area is 93.2 Å². The predicted molar refractivity (Wildman–Crippen MR) is 56.5 cm³/mol. The molecule has 1 aliphatic carbocycles. The van der Waals surface area contributed by atoms with Crippen LogP contribution >= 0.6 is 0 Å². The van der Waals surface area contributed by atoms with Crippen LogP contribution in [0.2, 0.25) is 0 Å². The van der Waals surface area contributed by atoms with E-state index >= 15 is 0 Å². The van der Waals surface area contributed by atoms with Gasteiger partial charge in [0.1, 0.15) is 6.29 Å². The Kier molecular flexibility index (Phi) is 2.58. The van der Waals surface area contributed by atoms with Gasteiger partial charge >= 0.3 is 0 Å². The number of hydrogen-bond acceptors (Lipinski definition) is 3. The molecule has 0 saturated heterocycles. The third kappa shape index (κ3) is 1.45. The van der Waals surface area contributed by atoms with Gasteiger partial charge in [0.2, 0.25) is 0 Å². The largest absolute Gasteiger partial charge is 0.493 e. The minimum absolute atomic E-state index is 0.0631. The molecule has 0 unspecified atom stereocenters. The van der Waals surface area contributed by atoms with Crippen molar-refractivity contribution in [1.82, 2.24) is 0 Å². The van der Waals surface area contributed by atoms with Crippen LogP contribution in [0.4, 0.5) is 4.39 Å². The quantitative estimate of drug-likeness (QED) is 0.734. The van der Waals surface area contributed by atoms with Crippen LogP contribution in [0.15, 0.2) is 12.1 Å². The van der Waals surface area contributed by atoms with Crippen LogP contribution < -0.4 is 9.47 Å². The molecule has 0 amide bonds. The van der Waals surface area contributed by atoms with Gasteiger partial charge in [-0.3, -0.25) is 0 Å². The molecule has 0 aromatic heterocycles. The van der Waals surface area contributed by atoms with Crippen molar-refractivity contribution in [3.05, 3.63) is 23.5 Å². The Bertz CT molecular complexity index is 425. The zero-order chi connectivity index (χ0) is 11.8. The lowest BCUT2D eigenvalue weighted by Gasteiger charge is -2.14. The second-order valence-electron chi connectivity index (χ2n) is 3.94. The number of ether oxygens (including phenoxy) is 2. The molecule has 1 fully saturated rings. The summed E-state index contributed by atoms with van der Waals surface area (Å²) in [7, 11) is 2.83. The maximum absolute atomic E-state index is 14.1. The van der Waals surface area contributed by atoms with E-state index < -0.39 is 11.2 Å². The second-order valence-corrected chi connectivity index (χ2v) is 3.94. The van der Waals surface area contributed by atoms with Crippen LogP contribution in [0.1, 0.15) is 18.4 Å². The molecule has 86 valence electrons. The van der Waals surface area contributed by atoms with Crippen LogP contribution in [0, 0.1) is 5.82 Å². The summed E-state index contributed by atoms with van der Waals surface area (Å²) in [5.41, 5.74) is -0.232. The molecule has 2 rings (SSSR count). The molecule has 0 aliphatic heterocycles. The highest BCUT2D eigenvalue weighted by Gasteiger charge is 2.47. The average molecular weight is 224 g/mol. The van der Waals surface area contributed by atoms with Gasteiger partial charge in [-0.05, 0) is 18.9 Å². The zero-order valence-corrected chi connectivity index (χ0v) is 9.25. The van der Waals surface area contributed by atoms with E-state index in [0.29, 0.717) is 24.2 Å². The molecule has 1 aromatic carbocycles. The summed E-state index contributed by atoms with van der Waals surface area (Å²) in [5, 5.41) is 0. The first-order valence-electron chi connectivity index (χ1n) is 5.06. The number of carbonyl (C=O) groups is 1. The van der Waals surface area contributed by atoms with Gasteiger partial charge in [0, 0.05) is 5.56 Å². The molecule has 16 heavy (non-hydrogen) atoms. The Morgan fingerprint density at radius 1 is 1.31 bits per heavy atom. The predicted octanol–water partition coefficient (Wildman–Crippen LogP) is 2.07. The molecule has 1 aromatic rings. The smallest absolute Gasteiger partial charge is 0.197 e. The molecular formula is C12H13FO3. The van der Waals surface area contributed by atoms with Crippen molar-refractivity contribution < 1.29 is 18.7 Å². The van der Waals surface area contributed by atoms with E-state index in [1.165, 1.54) is 14.2 Å². The zero-order valence-electron chi connectivity index (χ0n) is 9.25. The lowest BCUT2D eigenvalue weighted by molar-refractivity contribution is -0.109. The fraction of sp³-hybridized carbons (Fsp3) is 0.417. The summed E-state index contributed by atoms with van der Waals surface area (Å²) in [5.74, 6) is -0.0926. The van der Waals surface area contributed by atoms with Crippen molar-refractivity contribution in [1.29, 1.82) is 0 Å². The van der Waals surface area contributed by atoms with Crippen molar-refractivity contribution in [2.45, 2.75) is 18.3 Å². The highest BCUT2D eigenvalue weighted by atomic mass is 19.1. The fourth-order valence-electron chi connectivity index (χ4n) is 1.86. The first-order valence-corrected chi connectivity index (χ1v) is 5.06. The number of hydrogen-bond donors (Lipinski definition) is 0. The number of halogens is 1. The Morgan fingerprint density at radius 3 is 2.44 bits per heavy atom. The maximum Gasteiger partial charge on any atom is 0.197 e. The van der Waals surface area contributed by atoms with Gasteiger partial charge in [0.05, 0.1) is 19.6 Å². The van der Waals surface area contributed by atoms with E-state index in [2.05, 4.69) is 0 Å². The van der Waals surface area contributed by atoms with Crippen LogP contribution in [-0.4, -0.2) is 20.5 Å². The van der Waals surface area contributed by atoms with E-state index in [9.17, 15) is 9.18 Å². The van der Waals surface area contributed by atoms with E-state index in [1.54, 1.807) is 12.1 Å². The Balaban J connectivity index is 2.53. The lowest BCUT2D eigenvalue weighted by atomic mass is 9.96. The van der Waals surface area contributed by atoms with Gasteiger partial charge in [-0.2, -0.15) is 0 Å². The summed E-state index contributed by atoms with van der Waals surface area (Å²) < 4.78 is 24.0. The molecule has 0 bridgehead atoms. The van der Waals surface area contributed by atoms with Crippen molar-refractivity contribution in [2.24, 2.45) is 0 Å². The summed E-state index contributed by atoms with van der Waals surface area (Å²) in [6, 6.07) is 3.22. The summed E-state index contributed by atoms with van der Waals surface area (Å²) in [4.78, 5) is 11.0. The molecule has 3 nitrogen and oxygen atoms in total. The lowest BCUT2D eigenvalue weighted by Crippen LogP contribution is -2.11. The fourth-order valence-corrected chi connectivity index (χ4v) is 1.86. The minimum Gasteiger partial charge on any atom is -0.493 e. The van der Waals surface area contributed by atoms with Gasteiger partial charge in [-0.1, -0.05) is 6.07 Å². The summed E-state index contributed by atoms with van der Waals surface area (Å²) in [6.07, 6.45) is 2.21. The normalized spacial score (nSPS) is 16.7. The third-order valence-electron chi connectivity index (χ3n) is 3.04. The standard InChI is InChI=1S/C12H13FO3/c1-15-9-4-3-8(10(13)11(9)16-2)12(7-14)5-6-12/h3-4,7H,5-6H2,1-2H3. The molecule has 1 aliphatic rings. The second kappa shape index (κ2) is 3.77. The number of benzene rings is 1. The van der Waals surface area contributed by atoms with E-state index in [1.807, 2.05) is 0 Å². The summed E-state index contributed by atoms with van der Waals surface area (Å²) >= 11 is 0. The first kappa shape index (κ1) is 10.9. The van der Waals surface area contributed by atoms with Crippen LogP contribution in [0.5, 0.6) is 11.5 Å². The van der Waals surface area contributed by atoms with Crippen molar-refractivity contribution >= 4 is 6.29 Å². The van der Waals surface area contributed by atoms with Crippen LogP contribution in [0.25, 0.3) is 0 Å². The van der Waals surface area contributed by atoms with E-state index in [0.717, 1.165) is 6.29 Å². The molecule has 1 saturated carbocycles. The van der Waals surface area contributed by atoms with Crippen molar-refractivity contribution in [2.75, 3.05) is 14.2 Å². The van der Waals surface area contributed by atoms with Crippen molar-refractivity contribution in [3.63, 3.8) is 0 Å². The molecule has 0 radical (unpaired) electrons.